The van der Waals surface area contributed by atoms with Gasteiger partial charge in [0.1, 0.15) is 16.5 Å². The van der Waals surface area contributed by atoms with Gasteiger partial charge in [-0.25, -0.2) is 4.98 Å². The van der Waals surface area contributed by atoms with Crippen molar-refractivity contribution in [3.63, 3.8) is 0 Å². The lowest BCUT2D eigenvalue weighted by Gasteiger charge is -2.03. The first kappa shape index (κ1) is 11.1. The molecule has 2 rings (SSSR count). The normalized spacial score (nSPS) is 10.1. The summed E-state index contributed by atoms with van der Waals surface area (Å²) in [6.07, 6.45) is 0.720. The van der Waals surface area contributed by atoms with Crippen LogP contribution in [0.1, 0.15) is 10.5 Å². The Hall–Kier alpha value is -1.39. The minimum atomic E-state index is 0.423. The fourth-order valence-corrected chi connectivity index (χ4v) is 2.38. The molecule has 0 N–H and O–H groups in total. The number of halogens is 1. The van der Waals surface area contributed by atoms with E-state index in [4.69, 9.17) is 16.3 Å². The van der Waals surface area contributed by atoms with Gasteiger partial charge >= 0.3 is 0 Å². The van der Waals surface area contributed by atoms with E-state index in [1.165, 1.54) is 11.3 Å². The van der Waals surface area contributed by atoms with Crippen molar-refractivity contribution in [2.24, 2.45) is 0 Å². The highest BCUT2D eigenvalue weighted by molar-refractivity contribution is 7.13. The van der Waals surface area contributed by atoms with Gasteiger partial charge in [-0.05, 0) is 18.2 Å². The van der Waals surface area contributed by atoms with E-state index < -0.39 is 0 Å². The molecule has 82 valence electrons. The first-order chi connectivity index (χ1) is 7.74. The molecular formula is C11H8ClNO2S. The molecule has 1 aromatic heterocycles. The molecule has 16 heavy (non-hydrogen) atoms. The maximum Gasteiger partial charge on any atom is 0.169 e. The smallest absolute Gasteiger partial charge is 0.169 e. The zero-order valence-electron chi connectivity index (χ0n) is 8.44. The molecule has 1 heterocycles. The van der Waals surface area contributed by atoms with Gasteiger partial charge in [0.15, 0.2) is 6.29 Å². The Morgan fingerprint density at radius 3 is 2.88 bits per heavy atom. The largest absolute Gasteiger partial charge is 0.497 e. The monoisotopic (exact) mass is 253 g/mol. The molecule has 5 heteroatoms. The first-order valence-electron chi connectivity index (χ1n) is 4.49. The third-order valence-electron chi connectivity index (χ3n) is 2.05. The zero-order chi connectivity index (χ0) is 11.5. The highest BCUT2D eigenvalue weighted by atomic mass is 35.5. The van der Waals surface area contributed by atoms with E-state index in [2.05, 4.69) is 4.98 Å². The molecule has 0 saturated carbocycles. The molecule has 0 aliphatic rings. The highest BCUT2D eigenvalue weighted by Crippen LogP contribution is 2.32. The summed E-state index contributed by atoms with van der Waals surface area (Å²) in [5.41, 5.74) is 1.23. The van der Waals surface area contributed by atoms with Crippen LogP contribution in [0.3, 0.4) is 0 Å². The van der Waals surface area contributed by atoms with Crippen LogP contribution in [0.25, 0.3) is 10.6 Å². The van der Waals surface area contributed by atoms with Gasteiger partial charge in [-0.2, -0.15) is 0 Å². The molecule has 3 nitrogen and oxygen atoms in total. The standard InChI is InChI=1S/C11H8ClNO2S/c1-15-8-2-3-9(10(12)4-8)11-13-7(5-14)6-16-11/h2-6H,1H3. The number of carbonyl (C=O) groups is 1. The molecule has 0 radical (unpaired) electrons. The molecule has 0 fully saturated rings. The summed E-state index contributed by atoms with van der Waals surface area (Å²) < 4.78 is 5.05. The number of ether oxygens (including phenoxy) is 1. The second-order valence-corrected chi connectivity index (χ2v) is 4.31. The Balaban J connectivity index is 2.43. The number of benzene rings is 1. The number of carbonyl (C=O) groups excluding carboxylic acids is 1. The Kier molecular flexibility index (Phi) is 3.22. The zero-order valence-corrected chi connectivity index (χ0v) is 10.0. The second kappa shape index (κ2) is 4.63. The Morgan fingerprint density at radius 1 is 1.50 bits per heavy atom. The molecular weight excluding hydrogens is 246 g/mol. The van der Waals surface area contributed by atoms with Gasteiger partial charge in [-0.1, -0.05) is 11.6 Å². The van der Waals surface area contributed by atoms with Crippen molar-refractivity contribution in [3.8, 4) is 16.3 Å². The second-order valence-electron chi connectivity index (χ2n) is 3.04. The van der Waals surface area contributed by atoms with Crippen molar-refractivity contribution in [3.05, 3.63) is 34.3 Å². The van der Waals surface area contributed by atoms with E-state index >= 15 is 0 Å². The summed E-state index contributed by atoms with van der Waals surface area (Å²) in [5.74, 6) is 0.695. The molecule has 0 spiro atoms. The fourth-order valence-electron chi connectivity index (χ4n) is 1.26. The number of aromatic nitrogens is 1. The van der Waals surface area contributed by atoms with Gasteiger partial charge in [0.2, 0.25) is 0 Å². The summed E-state index contributed by atoms with van der Waals surface area (Å²) >= 11 is 7.48. The van der Waals surface area contributed by atoms with E-state index in [1.807, 2.05) is 12.1 Å². The van der Waals surface area contributed by atoms with E-state index in [1.54, 1.807) is 18.6 Å². The Bertz CT molecular complexity index is 524. The minimum absolute atomic E-state index is 0.423. The quantitative estimate of drug-likeness (QED) is 0.788. The Morgan fingerprint density at radius 2 is 2.31 bits per heavy atom. The summed E-state index contributed by atoms with van der Waals surface area (Å²) in [5, 5.41) is 2.99. The van der Waals surface area contributed by atoms with Crippen LogP contribution in [-0.2, 0) is 0 Å². The molecule has 0 aliphatic heterocycles. The predicted molar refractivity (Wildman–Crippen MR) is 64.5 cm³/mol. The van der Waals surface area contributed by atoms with Crippen molar-refractivity contribution >= 4 is 29.2 Å². The average Bonchev–Trinajstić information content (AvgIpc) is 2.77. The van der Waals surface area contributed by atoms with E-state index in [-0.39, 0.29) is 0 Å². The summed E-state index contributed by atoms with van der Waals surface area (Å²) in [7, 11) is 1.58. The lowest BCUT2D eigenvalue weighted by Crippen LogP contribution is -1.85. The predicted octanol–water partition coefficient (Wildman–Crippen LogP) is 3.28. The SMILES string of the molecule is COc1ccc(-c2nc(C=O)cs2)c(Cl)c1. The summed E-state index contributed by atoms with van der Waals surface area (Å²) in [6, 6.07) is 5.36. The van der Waals surface area contributed by atoms with Gasteiger partial charge in [0.05, 0.1) is 12.1 Å². The first-order valence-corrected chi connectivity index (χ1v) is 5.75. The van der Waals surface area contributed by atoms with Crippen LogP contribution in [-0.4, -0.2) is 18.4 Å². The summed E-state index contributed by atoms with van der Waals surface area (Å²) in [6.45, 7) is 0. The topological polar surface area (TPSA) is 39.2 Å². The van der Waals surface area contributed by atoms with Crippen LogP contribution in [0.4, 0.5) is 0 Å². The van der Waals surface area contributed by atoms with Gasteiger partial charge in [-0.15, -0.1) is 11.3 Å². The van der Waals surface area contributed by atoms with E-state index in [0.29, 0.717) is 16.5 Å². The van der Waals surface area contributed by atoms with E-state index in [0.717, 1.165) is 16.9 Å². The third-order valence-corrected chi connectivity index (χ3v) is 3.26. The van der Waals surface area contributed by atoms with Gasteiger partial charge in [0.25, 0.3) is 0 Å². The van der Waals surface area contributed by atoms with Crippen LogP contribution in [0.5, 0.6) is 5.75 Å². The lowest BCUT2D eigenvalue weighted by molar-refractivity contribution is 0.111. The Labute approximate surface area is 102 Å². The molecule has 1 aromatic carbocycles. The van der Waals surface area contributed by atoms with Crippen molar-refractivity contribution in [2.45, 2.75) is 0 Å². The number of aldehydes is 1. The van der Waals surface area contributed by atoms with Gasteiger partial charge in [-0.3, -0.25) is 4.79 Å². The molecule has 0 atom stereocenters. The fraction of sp³-hybridized carbons (Fsp3) is 0.0909. The molecule has 0 amide bonds. The van der Waals surface area contributed by atoms with Crippen molar-refractivity contribution in [1.29, 1.82) is 0 Å². The van der Waals surface area contributed by atoms with Crippen LogP contribution >= 0.6 is 22.9 Å². The van der Waals surface area contributed by atoms with Crippen LogP contribution in [0, 0.1) is 0 Å². The highest BCUT2D eigenvalue weighted by Gasteiger charge is 2.09. The van der Waals surface area contributed by atoms with Crippen LogP contribution < -0.4 is 4.74 Å². The van der Waals surface area contributed by atoms with E-state index in [9.17, 15) is 4.79 Å². The van der Waals surface area contributed by atoms with Gasteiger partial charge in [0, 0.05) is 10.9 Å². The van der Waals surface area contributed by atoms with Crippen molar-refractivity contribution in [1.82, 2.24) is 4.98 Å². The maximum atomic E-state index is 10.5. The molecule has 0 bridgehead atoms. The van der Waals surface area contributed by atoms with Crippen molar-refractivity contribution < 1.29 is 9.53 Å². The number of hydrogen-bond acceptors (Lipinski definition) is 4. The third kappa shape index (κ3) is 2.08. The maximum absolute atomic E-state index is 10.5. The van der Waals surface area contributed by atoms with Crippen LogP contribution in [0.15, 0.2) is 23.6 Å². The number of rotatable bonds is 3. The molecule has 0 saturated heterocycles. The molecule has 0 unspecified atom stereocenters. The summed E-state index contributed by atoms with van der Waals surface area (Å²) in [4.78, 5) is 14.7. The number of hydrogen-bond donors (Lipinski definition) is 0. The lowest BCUT2D eigenvalue weighted by atomic mass is 10.2. The van der Waals surface area contributed by atoms with Crippen molar-refractivity contribution in [2.75, 3.05) is 7.11 Å². The number of nitrogens with zero attached hydrogens (tertiary/aromatic N) is 1. The molecule has 0 aliphatic carbocycles. The average molecular weight is 254 g/mol. The number of methoxy groups -OCH3 is 1. The molecule has 2 aromatic rings. The van der Waals surface area contributed by atoms with Crippen LogP contribution in [0.2, 0.25) is 5.02 Å². The van der Waals surface area contributed by atoms with Gasteiger partial charge < -0.3 is 4.74 Å². The minimum Gasteiger partial charge on any atom is -0.497 e. The number of thiazole rings is 1.